The molecule has 4 aliphatic rings. The Balaban J connectivity index is 1.68. The third-order valence-corrected chi connectivity index (χ3v) is 7.16. The molecule has 0 spiro atoms. The van der Waals surface area contributed by atoms with Gasteiger partial charge < -0.3 is 14.9 Å². The summed E-state index contributed by atoms with van der Waals surface area (Å²) in [7, 11) is 0. The highest BCUT2D eigenvalue weighted by atomic mass is 32.1. The predicted octanol–water partition coefficient (Wildman–Crippen LogP) is 2.64. The van der Waals surface area contributed by atoms with Gasteiger partial charge in [-0.25, -0.2) is 0 Å². The average Bonchev–Trinajstić information content (AvgIpc) is 3.27. The first-order chi connectivity index (χ1) is 13.7. The fraction of sp³-hybridized carbons (Fsp3) is 0.409. The lowest BCUT2D eigenvalue weighted by molar-refractivity contribution is -0.138. The Morgan fingerprint density at radius 2 is 1.79 bits per heavy atom. The molecule has 4 unspecified atom stereocenters. The molecular formula is C22H25N3O2S. The highest BCUT2D eigenvalue weighted by Gasteiger charge is 2.46. The van der Waals surface area contributed by atoms with Crippen LogP contribution in [0.15, 0.2) is 60.1 Å². The Kier molecular flexibility index (Phi) is 4.70. The van der Waals surface area contributed by atoms with Gasteiger partial charge in [-0.15, -0.1) is 11.3 Å². The van der Waals surface area contributed by atoms with Crippen molar-refractivity contribution in [3.63, 3.8) is 0 Å². The number of aliphatic hydroxyl groups excluding tert-OH is 1. The van der Waals surface area contributed by atoms with Gasteiger partial charge in [0.25, 0.3) is 0 Å². The first kappa shape index (κ1) is 17.9. The van der Waals surface area contributed by atoms with Crippen molar-refractivity contribution in [1.82, 2.24) is 14.7 Å². The number of benzene rings is 1. The van der Waals surface area contributed by atoms with Crippen molar-refractivity contribution in [1.29, 1.82) is 0 Å². The number of aliphatic hydroxyl groups is 1. The van der Waals surface area contributed by atoms with E-state index in [9.17, 15) is 9.90 Å². The van der Waals surface area contributed by atoms with Crippen LogP contribution in [0.4, 0.5) is 0 Å². The molecular weight excluding hydrogens is 370 g/mol. The Morgan fingerprint density at radius 3 is 2.50 bits per heavy atom. The summed E-state index contributed by atoms with van der Waals surface area (Å²) in [5.41, 5.74) is 0.988. The van der Waals surface area contributed by atoms with E-state index >= 15 is 0 Å². The Labute approximate surface area is 169 Å². The van der Waals surface area contributed by atoms with E-state index in [1.54, 1.807) is 11.3 Å². The van der Waals surface area contributed by atoms with Crippen LogP contribution >= 0.6 is 11.3 Å². The van der Waals surface area contributed by atoms with E-state index in [4.69, 9.17) is 0 Å². The lowest BCUT2D eigenvalue weighted by atomic mass is 9.90. The van der Waals surface area contributed by atoms with Gasteiger partial charge in [-0.1, -0.05) is 42.5 Å². The highest BCUT2D eigenvalue weighted by Crippen LogP contribution is 2.41. The van der Waals surface area contributed by atoms with Crippen LogP contribution in [0.1, 0.15) is 28.9 Å². The van der Waals surface area contributed by atoms with Gasteiger partial charge in [-0.05, 0) is 29.6 Å². The Hall–Kier alpha value is -2.15. The van der Waals surface area contributed by atoms with Crippen molar-refractivity contribution in [3.8, 4) is 0 Å². The minimum absolute atomic E-state index is 0.0826. The number of hydrogen-bond donors (Lipinski definition) is 1. The molecule has 1 N–H and O–H groups in total. The zero-order chi connectivity index (χ0) is 19.1. The molecule has 3 saturated heterocycles. The molecule has 1 aromatic heterocycles. The summed E-state index contributed by atoms with van der Waals surface area (Å²) >= 11 is 1.74. The van der Waals surface area contributed by atoms with Gasteiger partial charge >= 0.3 is 0 Å². The fourth-order valence-electron chi connectivity index (χ4n) is 4.89. The van der Waals surface area contributed by atoms with Gasteiger partial charge in [0.05, 0.1) is 18.2 Å². The molecule has 2 bridgehead atoms. The lowest BCUT2D eigenvalue weighted by Crippen LogP contribution is -2.53. The molecule has 4 atom stereocenters. The summed E-state index contributed by atoms with van der Waals surface area (Å²) in [6.45, 7) is 3.17. The van der Waals surface area contributed by atoms with Gasteiger partial charge in [-0.2, -0.15) is 0 Å². The van der Waals surface area contributed by atoms with Crippen LogP contribution in [0.2, 0.25) is 0 Å². The van der Waals surface area contributed by atoms with Gasteiger partial charge in [0.2, 0.25) is 5.91 Å². The number of rotatable bonds is 2. The Bertz CT molecular complexity index is 846. The molecule has 6 heteroatoms. The van der Waals surface area contributed by atoms with Crippen molar-refractivity contribution in [2.45, 2.75) is 30.7 Å². The zero-order valence-electron chi connectivity index (χ0n) is 15.7. The third kappa shape index (κ3) is 2.96. The summed E-state index contributed by atoms with van der Waals surface area (Å²) in [6, 6.07) is 13.8. The molecule has 0 aliphatic carbocycles. The van der Waals surface area contributed by atoms with Crippen LogP contribution in [0.3, 0.4) is 0 Å². The molecule has 1 aromatic carbocycles. The van der Waals surface area contributed by atoms with Crippen LogP contribution in [0.5, 0.6) is 0 Å². The van der Waals surface area contributed by atoms with Crippen LogP contribution in [-0.2, 0) is 4.79 Å². The number of hydrogen-bond acceptors (Lipinski definition) is 5. The van der Waals surface area contributed by atoms with Crippen LogP contribution in [0, 0.1) is 0 Å². The topological polar surface area (TPSA) is 47.0 Å². The normalized spacial score (nSPS) is 32.6. The molecule has 2 aromatic rings. The van der Waals surface area contributed by atoms with Crippen molar-refractivity contribution in [3.05, 3.63) is 70.6 Å². The van der Waals surface area contributed by atoms with Crippen LogP contribution < -0.4 is 0 Å². The summed E-state index contributed by atoms with van der Waals surface area (Å²) in [6.07, 6.45) is 4.15. The first-order valence-electron chi connectivity index (χ1n) is 9.97. The monoisotopic (exact) mass is 395 g/mol. The number of carbonyl (C=O) groups excluding carboxylic acids is 1. The smallest absolute Gasteiger partial charge is 0.250 e. The minimum atomic E-state index is -0.511. The summed E-state index contributed by atoms with van der Waals surface area (Å²) in [5.74, 6) is 0.140. The maximum atomic E-state index is 13.6. The molecule has 5 nitrogen and oxygen atoms in total. The second kappa shape index (κ2) is 7.35. The SMILES string of the molecule is O=C1C(c2ccccc2)N2C=CCC(O)C2C(c2cccs2)N2CCN1CC2. The largest absolute Gasteiger partial charge is 0.391 e. The van der Waals surface area contributed by atoms with E-state index in [0.29, 0.717) is 6.42 Å². The molecule has 5 heterocycles. The second-order valence-electron chi connectivity index (χ2n) is 7.76. The molecule has 28 heavy (non-hydrogen) atoms. The summed E-state index contributed by atoms with van der Waals surface area (Å²) in [5, 5.41) is 13.2. The number of fused-ring (bicyclic) bond motifs is 3. The molecule has 1 amide bonds. The number of nitrogens with zero attached hydrogens (tertiary/aromatic N) is 3. The van der Waals surface area contributed by atoms with Crippen molar-refractivity contribution >= 4 is 17.2 Å². The number of carbonyl (C=O) groups is 1. The molecule has 4 aliphatic heterocycles. The maximum Gasteiger partial charge on any atom is 0.250 e. The van der Waals surface area contributed by atoms with E-state index in [2.05, 4.69) is 27.3 Å². The van der Waals surface area contributed by atoms with Crippen LogP contribution in [0.25, 0.3) is 0 Å². The fourth-order valence-corrected chi connectivity index (χ4v) is 5.79. The van der Waals surface area contributed by atoms with E-state index in [1.807, 2.05) is 47.5 Å². The lowest BCUT2D eigenvalue weighted by Gasteiger charge is -2.46. The molecule has 0 saturated carbocycles. The van der Waals surface area contributed by atoms with E-state index < -0.39 is 12.1 Å². The average molecular weight is 396 g/mol. The van der Waals surface area contributed by atoms with E-state index in [-0.39, 0.29) is 18.0 Å². The summed E-state index contributed by atoms with van der Waals surface area (Å²) in [4.78, 5) is 21.5. The predicted molar refractivity (Wildman–Crippen MR) is 110 cm³/mol. The highest BCUT2D eigenvalue weighted by molar-refractivity contribution is 7.10. The molecule has 0 radical (unpaired) electrons. The van der Waals surface area contributed by atoms with E-state index in [0.717, 1.165) is 31.7 Å². The Morgan fingerprint density at radius 1 is 1.00 bits per heavy atom. The number of piperazine rings is 1. The second-order valence-corrected chi connectivity index (χ2v) is 8.74. The standard InChI is InChI=1S/C22H25N3O2S/c26-17-8-4-10-25-19(16-6-2-1-3-7-16)22(27)24-13-11-23(12-14-24)21(20(17)25)18-9-5-15-28-18/h1-7,9-10,15,17,19-21,26H,8,11-14H2. The quantitative estimate of drug-likeness (QED) is 0.849. The van der Waals surface area contributed by atoms with E-state index in [1.165, 1.54) is 4.88 Å². The zero-order valence-corrected chi connectivity index (χ0v) is 16.5. The molecule has 3 fully saturated rings. The van der Waals surface area contributed by atoms with Gasteiger partial charge in [0.1, 0.15) is 6.04 Å². The maximum absolute atomic E-state index is 13.6. The first-order valence-corrected chi connectivity index (χ1v) is 10.9. The van der Waals surface area contributed by atoms with Gasteiger partial charge in [-0.3, -0.25) is 9.69 Å². The number of amides is 1. The van der Waals surface area contributed by atoms with Crippen molar-refractivity contribution in [2.75, 3.05) is 26.2 Å². The van der Waals surface area contributed by atoms with Crippen LogP contribution in [-0.4, -0.2) is 64.0 Å². The molecule has 6 rings (SSSR count). The van der Waals surface area contributed by atoms with Gasteiger partial charge in [0, 0.05) is 31.1 Å². The van der Waals surface area contributed by atoms with Crippen molar-refractivity contribution in [2.24, 2.45) is 0 Å². The number of thiophene rings is 1. The van der Waals surface area contributed by atoms with Crippen molar-refractivity contribution < 1.29 is 9.90 Å². The summed E-state index contributed by atoms with van der Waals surface area (Å²) < 4.78 is 0. The third-order valence-electron chi connectivity index (χ3n) is 6.22. The van der Waals surface area contributed by atoms with Gasteiger partial charge in [0.15, 0.2) is 0 Å². The minimum Gasteiger partial charge on any atom is -0.391 e. The molecule has 146 valence electrons.